The Morgan fingerprint density at radius 1 is 1.45 bits per heavy atom. The second kappa shape index (κ2) is 8.98. The molecule has 1 aromatic heterocycles. The molecule has 0 aliphatic heterocycles. The standard InChI is InChI=1S/C17H30N2O/c1-6-8-19(9-7-2)13-16-10-15(5)17(20-16)12-18-11-14(3)4/h6,10,14,18H,1,7-9,11-13H2,2-5H3. The maximum absolute atomic E-state index is 5.98. The van der Waals surface area contributed by atoms with Crippen molar-refractivity contribution in [1.82, 2.24) is 10.2 Å². The largest absolute Gasteiger partial charge is 0.463 e. The molecule has 1 aromatic rings. The number of hydrogen-bond acceptors (Lipinski definition) is 3. The van der Waals surface area contributed by atoms with Crippen LogP contribution >= 0.6 is 0 Å². The monoisotopic (exact) mass is 278 g/mol. The second-order valence-electron chi connectivity index (χ2n) is 5.87. The van der Waals surface area contributed by atoms with E-state index in [9.17, 15) is 0 Å². The summed E-state index contributed by atoms with van der Waals surface area (Å²) < 4.78 is 5.98. The highest BCUT2D eigenvalue weighted by Crippen LogP contribution is 2.16. The van der Waals surface area contributed by atoms with Crippen molar-refractivity contribution in [2.75, 3.05) is 19.6 Å². The van der Waals surface area contributed by atoms with Crippen LogP contribution in [0, 0.1) is 12.8 Å². The van der Waals surface area contributed by atoms with Gasteiger partial charge in [0.05, 0.1) is 13.1 Å². The summed E-state index contributed by atoms with van der Waals surface area (Å²) in [5.74, 6) is 2.78. The molecule has 0 atom stereocenters. The first-order valence-corrected chi connectivity index (χ1v) is 7.69. The minimum Gasteiger partial charge on any atom is -0.463 e. The van der Waals surface area contributed by atoms with Crippen LogP contribution in [0.25, 0.3) is 0 Å². The van der Waals surface area contributed by atoms with Crippen LogP contribution in [-0.4, -0.2) is 24.5 Å². The van der Waals surface area contributed by atoms with Crippen LogP contribution in [-0.2, 0) is 13.1 Å². The number of furan rings is 1. The van der Waals surface area contributed by atoms with Crippen molar-refractivity contribution in [3.05, 3.63) is 35.8 Å². The van der Waals surface area contributed by atoms with Gasteiger partial charge in [0.15, 0.2) is 0 Å². The Balaban J connectivity index is 2.56. The summed E-state index contributed by atoms with van der Waals surface area (Å²) in [6.45, 7) is 17.3. The zero-order chi connectivity index (χ0) is 15.0. The molecule has 0 saturated heterocycles. The number of nitrogens with zero attached hydrogens (tertiary/aromatic N) is 1. The molecule has 0 radical (unpaired) electrons. The maximum Gasteiger partial charge on any atom is 0.120 e. The highest BCUT2D eigenvalue weighted by Gasteiger charge is 2.10. The topological polar surface area (TPSA) is 28.4 Å². The molecule has 0 saturated carbocycles. The Morgan fingerprint density at radius 2 is 2.20 bits per heavy atom. The highest BCUT2D eigenvalue weighted by molar-refractivity contribution is 5.20. The zero-order valence-electron chi connectivity index (χ0n) is 13.5. The molecule has 0 aromatic carbocycles. The lowest BCUT2D eigenvalue weighted by atomic mass is 10.2. The lowest BCUT2D eigenvalue weighted by Gasteiger charge is -2.18. The average Bonchev–Trinajstić information content (AvgIpc) is 2.70. The fraction of sp³-hybridized carbons (Fsp3) is 0.647. The number of hydrogen-bond donors (Lipinski definition) is 1. The molecule has 0 fully saturated rings. The Morgan fingerprint density at radius 3 is 2.80 bits per heavy atom. The van der Waals surface area contributed by atoms with Gasteiger partial charge in [-0.1, -0.05) is 26.8 Å². The predicted molar refractivity (Wildman–Crippen MR) is 85.8 cm³/mol. The van der Waals surface area contributed by atoms with Crippen LogP contribution in [0.1, 0.15) is 44.3 Å². The Bertz CT molecular complexity index is 396. The molecule has 0 amide bonds. The summed E-state index contributed by atoms with van der Waals surface area (Å²) in [6, 6.07) is 2.16. The highest BCUT2D eigenvalue weighted by atomic mass is 16.3. The molecule has 3 nitrogen and oxygen atoms in total. The molecular weight excluding hydrogens is 248 g/mol. The summed E-state index contributed by atoms with van der Waals surface area (Å²) in [6.07, 6.45) is 3.10. The molecule has 20 heavy (non-hydrogen) atoms. The van der Waals surface area contributed by atoms with Gasteiger partial charge in [0, 0.05) is 6.54 Å². The van der Waals surface area contributed by atoms with E-state index in [0.29, 0.717) is 5.92 Å². The summed E-state index contributed by atoms with van der Waals surface area (Å²) in [5.41, 5.74) is 1.24. The van der Waals surface area contributed by atoms with Gasteiger partial charge in [-0.15, -0.1) is 6.58 Å². The van der Waals surface area contributed by atoms with E-state index in [2.05, 4.69) is 50.6 Å². The van der Waals surface area contributed by atoms with Gasteiger partial charge in [-0.3, -0.25) is 4.90 Å². The minimum absolute atomic E-state index is 0.664. The molecule has 0 bridgehead atoms. The molecular formula is C17H30N2O. The van der Waals surface area contributed by atoms with Crippen LogP contribution in [0.15, 0.2) is 23.1 Å². The van der Waals surface area contributed by atoms with Crippen molar-refractivity contribution in [3.63, 3.8) is 0 Å². The summed E-state index contributed by atoms with van der Waals surface area (Å²) >= 11 is 0. The van der Waals surface area contributed by atoms with Gasteiger partial charge in [-0.05, 0) is 44.0 Å². The Kier molecular flexibility index (Phi) is 7.63. The summed E-state index contributed by atoms with van der Waals surface area (Å²) in [5, 5.41) is 3.44. The molecule has 1 rings (SSSR count). The predicted octanol–water partition coefficient (Wildman–Crippen LogP) is 3.73. The van der Waals surface area contributed by atoms with Gasteiger partial charge in [-0.2, -0.15) is 0 Å². The van der Waals surface area contributed by atoms with E-state index in [1.54, 1.807) is 0 Å². The van der Waals surface area contributed by atoms with Gasteiger partial charge < -0.3 is 9.73 Å². The van der Waals surface area contributed by atoms with E-state index in [-0.39, 0.29) is 0 Å². The molecule has 0 unspecified atom stereocenters. The minimum atomic E-state index is 0.664. The molecule has 0 aliphatic rings. The first kappa shape index (κ1) is 17.0. The third-order valence-electron chi connectivity index (χ3n) is 3.22. The van der Waals surface area contributed by atoms with E-state index >= 15 is 0 Å². The Hall–Kier alpha value is -1.06. The summed E-state index contributed by atoms with van der Waals surface area (Å²) in [4.78, 5) is 2.36. The van der Waals surface area contributed by atoms with Crippen molar-refractivity contribution < 1.29 is 4.42 Å². The SMILES string of the molecule is C=CCN(CCC)Cc1cc(C)c(CNCC(C)C)o1. The first-order valence-electron chi connectivity index (χ1n) is 7.69. The number of rotatable bonds is 10. The van der Waals surface area contributed by atoms with Crippen molar-refractivity contribution in [1.29, 1.82) is 0 Å². The first-order chi connectivity index (χ1) is 9.56. The van der Waals surface area contributed by atoms with E-state index in [4.69, 9.17) is 4.42 Å². The average molecular weight is 278 g/mol. The van der Waals surface area contributed by atoms with Crippen LogP contribution in [0.2, 0.25) is 0 Å². The van der Waals surface area contributed by atoms with E-state index in [1.807, 2.05) is 6.08 Å². The molecule has 0 aliphatic carbocycles. The summed E-state index contributed by atoms with van der Waals surface area (Å²) in [7, 11) is 0. The lowest BCUT2D eigenvalue weighted by molar-refractivity contribution is 0.264. The van der Waals surface area contributed by atoms with Gasteiger partial charge in [-0.25, -0.2) is 0 Å². The van der Waals surface area contributed by atoms with Crippen LogP contribution in [0.4, 0.5) is 0 Å². The third-order valence-corrected chi connectivity index (χ3v) is 3.22. The fourth-order valence-corrected chi connectivity index (χ4v) is 2.27. The van der Waals surface area contributed by atoms with Crippen molar-refractivity contribution >= 4 is 0 Å². The molecule has 0 spiro atoms. The van der Waals surface area contributed by atoms with Crippen molar-refractivity contribution in [2.24, 2.45) is 5.92 Å². The smallest absolute Gasteiger partial charge is 0.120 e. The van der Waals surface area contributed by atoms with Gasteiger partial charge >= 0.3 is 0 Å². The van der Waals surface area contributed by atoms with E-state index in [1.165, 1.54) is 5.56 Å². The van der Waals surface area contributed by atoms with Gasteiger partial charge in [0.2, 0.25) is 0 Å². The van der Waals surface area contributed by atoms with Gasteiger partial charge in [0.1, 0.15) is 11.5 Å². The molecule has 3 heteroatoms. The Labute approximate surface area is 124 Å². The molecule has 1 N–H and O–H groups in total. The zero-order valence-corrected chi connectivity index (χ0v) is 13.5. The van der Waals surface area contributed by atoms with E-state index < -0.39 is 0 Å². The number of nitrogens with one attached hydrogen (secondary N) is 1. The molecule has 114 valence electrons. The van der Waals surface area contributed by atoms with Crippen molar-refractivity contribution in [2.45, 2.75) is 47.2 Å². The van der Waals surface area contributed by atoms with Crippen LogP contribution in [0.3, 0.4) is 0 Å². The second-order valence-corrected chi connectivity index (χ2v) is 5.87. The van der Waals surface area contributed by atoms with Gasteiger partial charge in [0.25, 0.3) is 0 Å². The fourth-order valence-electron chi connectivity index (χ4n) is 2.27. The number of aryl methyl sites for hydroxylation is 1. The maximum atomic E-state index is 5.98. The quantitative estimate of drug-likeness (QED) is 0.661. The van der Waals surface area contributed by atoms with Crippen LogP contribution in [0.5, 0.6) is 0 Å². The molecule has 1 heterocycles. The normalized spacial score (nSPS) is 11.5. The van der Waals surface area contributed by atoms with Crippen molar-refractivity contribution in [3.8, 4) is 0 Å². The van der Waals surface area contributed by atoms with E-state index in [0.717, 1.165) is 50.7 Å². The lowest BCUT2D eigenvalue weighted by Crippen LogP contribution is -2.23. The van der Waals surface area contributed by atoms with Crippen LogP contribution < -0.4 is 5.32 Å². The third kappa shape index (κ3) is 5.93.